The molecule has 1 aliphatic rings. The van der Waals surface area contributed by atoms with E-state index in [2.05, 4.69) is 61.5 Å². The lowest BCUT2D eigenvalue weighted by molar-refractivity contribution is 0.210. The first kappa shape index (κ1) is 16.8. The molecule has 1 aliphatic heterocycles. The van der Waals surface area contributed by atoms with Gasteiger partial charge in [-0.15, -0.1) is 0 Å². The summed E-state index contributed by atoms with van der Waals surface area (Å²) in [6.07, 6.45) is 9.17. The Hall–Kier alpha value is -2.60. The number of hydrogen-bond acceptors (Lipinski definition) is 4. The molecule has 3 heterocycles. The average molecular weight is 350 g/mol. The van der Waals surface area contributed by atoms with Crippen LogP contribution in [0.15, 0.2) is 48.9 Å². The van der Waals surface area contributed by atoms with E-state index < -0.39 is 0 Å². The third-order valence-corrected chi connectivity index (χ3v) is 5.42. The SMILES string of the molecule is CN(CCc1cn[nH]c1)C1CCN(c2cccc(-c3ccn[nH]3)c2)CC1. The molecule has 0 radical (unpaired) electrons. The highest BCUT2D eigenvalue weighted by Crippen LogP contribution is 2.26. The molecule has 136 valence electrons. The zero-order chi connectivity index (χ0) is 17.8. The monoisotopic (exact) mass is 350 g/mol. The number of benzene rings is 1. The Morgan fingerprint density at radius 3 is 2.81 bits per heavy atom. The van der Waals surface area contributed by atoms with Crippen LogP contribution in [0.3, 0.4) is 0 Å². The topological polar surface area (TPSA) is 63.8 Å². The zero-order valence-corrected chi connectivity index (χ0v) is 15.2. The van der Waals surface area contributed by atoms with Gasteiger partial charge in [0, 0.05) is 49.3 Å². The van der Waals surface area contributed by atoms with Crippen molar-refractivity contribution in [2.75, 3.05) is 31.6 Å². The van der Waals surface area contributed by atoms with Crippen LogP contribution in [0.4, 0.5) is 5.69 Å². The van der Waals surface area contributed by atoms with Gasteiger partial charge in [0.2, 0.25) is 0 Å². The molecule has 0 spiro atoms. The fraction of sp³-hybridized carbons (Fsp3) is 0.400. The fourth-order valence-electron chi connectivity index (χ4n) is 3.75. The van der Waals surface area contributed by atoms with E-state index in [9.17, 15) is 0 Å². The van der Waals surface area contributed by atoms with Gasteiger partial charge in [-0.05, 0) is 50.1 Å². The number of hydrogen-bond donors (Lipinski definition) is 2. The van der Waals surface area contributed by atoms with Gasteiger partial charge in [0.15, 0.2) is 0 Å². The quantitative estimate of drug-likeness (QED) is 0.717. The number of piperidine rings is 1. The highest BCUT2D eigenvalue weighted by Gasteiger charge is 2.22. The van der Waals surface area contributed by atoms with Crippen molar-refractivity contribution >= 4 is 5.69 Å². The maximum Gasteiger partial charge on any atom is 0.0650 e. The predicted molar refractivity (Wildman–Crippen MR) is 104 cm³/mol. The first-order valence-corrected chi connectivity index (χ1v) is 9.32. The number of nitrogens with one attached hydrogen (secondary N) is 2. The Kier molecular flexibility index (Phi) is 5.02. The van der Waals surface area contributed by atoms with Crippen molar-refractivity contribution in [3.8, 4) is 11.3 Å². The molecule has 0 unspecified atom stereocenters. The van der Waals surface area contributed by atoms with E-state index in [4.69, 9.17) is 0 Å². The molecule has 0 amide bonds. The molecule has 4 rings (SSSR count). The van der Waals surface area contributed by atoms with Gasteiger partial charge in [0.25, 0.3) is 0 Å². The molecule has 2 aromatic heterocycles. The van der Waals surface area contributed by atoms with Crippen LogP contribution < -0.4 is 4.90 Å². The molecule has 2 N–H and O–H groups in total. The molecule has 1 saturated heterocycles. The Bertz CT molecular complexity index is 788. The summed E-state index contributed by atoms with van der Waals surface area (Å²) in [5, 5.41) is 14.0. The van der Waals surface area contributed by atoms with Crippen LogP contribution in [-0.4, -0.2) is 58.0 Å². The van der Waals surface area contributed by atoms with Crippen molar-refractivity contribution in [2.45, 2.75) is 25.3 Å². The number of likely N-dealkylation sites (N-methyl/N-ethyl adjacent to an activating group) is 1. The summed E-state index contributed by atoms with van der Waals surface area (Å²) in [6.45, 7) is 3.29. The number of anilines is 1. The molecule has 0 bridgehead atoms. The highest BCUT2D eigenvalue weighted by atomic mass is 15.2. The smallest absolute Gasteiger partial charge is 0.0650 e. The van der Waals surface area contributed by atoms with Crippen LogP contribution in [0, 0.1) is 0 Å². The summed E-state index contributed by atoms with van der Waals surface area (Å²) in [5.74, 6) is 0. The van der Waals surface area contributed by atoms with Crippen LogP contribution in [0.5, 0.6) is 0 Å². The average Bonchev–Trinajstić information content (AvgIpc) is 3.40. The van der Waals surface area contributed by atoms with Crippen molar-refractivity contribution < 1.29 is 0 Å². The van der Waals surface area contributed by atoms with Gasteiger partial charge in [0.1, 0.15) is 0 Å². The minimum atomic E-state index is 0.661. The van der Waals surface area contributed by atoms with E-state index in [0.29, 0.717) is 6.04 Å². The second-order valence-electron chi connectivity index (χ2n) is 7.08. The van der Waals surface area contributed by atoms with E-state index >= 15 is 0 Å². The van der Waals surface area contributed by atoms with Crippen LogP contribution in [0.2, 0.25) is 0 Å². The highest BCUT2D eigenvalue weighted by molar-refractivity contribution is 5.65. The van der Waals surface area contributed by atoms with Crippen LogP contribution in [0.25, 0.3) is 11.3 Å². The van der Waals surface area contributed by atoms with Gasteiger partial charge < -0.3 is 9.80 Å². The maximum atomic E-state index is 4.06. The van der Waals surface area contributed by atoms with Crippen molar-refractivity contribution in [3.05, 3.63) is 54.5 Å². The van der Waals surface area contributed by atoms with Crippen LogP contribution in [0.1, 0.15) is 18.4 Å². The van der Waals surface area contributed by atoms with Gasteiger partial charge in [-0.25, -0.2) is 0 Å². The van der Waals surface area contributed by atoms with Gasteiger partial charge in [-0.2, -0.15) is 10.2 Å². The number of nitrogens with zero attached hydrogens (tertiary/aromatic N) is 4. The summed E-state index contributed by atoms with van der Waals surface area (Å²) < 4.78 is 0. The molecule has 1 fully saturated rings. The van der Waals surface area contributed by atoms with E-state index in [1.54, 1.807) is 6.20 Å². The van der Waals surface area contributed by atoms with E-state index in [1.807, 2.05) is 18.5 Å². The lowest BCUT2D eigenvalue weighted by Crippen LogP contribution is -2.44. The molecule has 3 aromatic rings. The van der Waals surface area contributed by atoms with Gasteiger partial charge in [-0.1, -0.05) is 12.1 Å². The summed E-state index contributed by atoms with van der Waals surface area (Å²) in [4.78, 5) is 5.01. The minimum Gasteiger partial charge on any atom is -0.371 e. The number of H-pyrrole nitrogens is 2. The summed E-state index contributed by atoms with van der Waals surface area (Å²) >= 11 is 0. The zero-order valence-electron chi connectivity index (χ0n) is 15.2. The molecule has 0 atom stereocenters. The van der Waals surface area contributed by atoms with E-state index in [0.717, 1.165) is 31.7 Å². The second kappa shape index (κ2) is 7.74. The van der Waals surface area contributed by atoms with Crippen LogP contribution >= 0.6 is 0 Å². The molecule has 1 aromatic carbocycles. The van der Waals surface area contributed by atoms with Crippen molar-refractivity contribution in [3.63, 3.8) is 0 Å². The first-order chi connectivity index (χ1) is 12.8. The Morgan fingerprint density at radius 2 is 2.08 bits per heavy atom. The lowest BCUT2D eigenvalue weighted by atomic mass is 10.0. The first-order valence-electron chi connectivity index (χ1n) is 9.32. The summed E-state index contributed by atoms with van der Waals surface area (Å²) in [6, 6.07) is 11.4. The van der Waals surface area contributed by atoms with Crippen molar-refractivity contribution in [1.29, 1.82) is 0 Å². The van der Waals surface area contributed by atoms with E-state index in [1.165, 1.54) is 29.7 Å². The summed E-state index contributed by atoms with van der Waals surface area (Å²) in [7, 11) is 2.25. The molecule has 0 aliphatic carbocycles. The van der Waals surface area contributed by atoms with Gasteiger partial charge in [-0.3, -0.25) is 10.2 Å². The molecule has 0 saturated carbocycles. The number of aromatic nitrogens is 4. The Labute approximate surface area is 154 Å². The Balaban J connectivity index is 1.32. The number of aromatic amines is 2. The van der Waals surface area contributed by atoms with Crippen molar-refractivity contribution in [2.24, 2.45) is 0 Å². The standard InChI is InChI=1S/C20H26N6/c1-25(10-6-16-14-22-23-15-16)18-7-11-26(12-8-18)19-4-2-3-17(13-19)20-5-9-21-24-20/h2-5,9,13-15,18H,6-8,10-12H2,1H3,(H,21,24)(H,22,23). The third-order valence-electron chi connectivity index (χ3n) is 5.42. The van der Waals surface area contributed by atoms with Gasteiger partial charge >= 0.3 is 0 Å². The Morgan fingerprint density at radius 1 is 1.19 bits per heavy atom. The summed E-state index contributed by atoms with van der Waals surface area (Å²) in [5.41, 5.74) is 4.85. The van der Waals surface area contributed by atoms with E-state index in [-0.39, 0.29) is 0 Å². The molecule has 26 heavy (non-hydrogen) atoms. The molecular formula is C20H26N6. The van der Waals surface area contributed by atoms with Crippen LogP contribution in [-0.2, 0) is 6.42 Å². The predicted octanol–water partition coefficient (Wildman–Crippen LogP) is 2.94. The maximum absolute atomic E-state index is 4.06. The number of rotatable bonds is 6. The van der Waals surface area contributed by atoms with Crippen molar-refractivity contribution in [1.82, 2.24) is 25.3 Å². The molecular weight excluding hydrogens is 324 g/mol. The minimum absolute atomic E-state index is 0.661. The largest absolute Gasteiger partial charge is 0.371 e. The fourth-order valence-corrected chi connectivity index (χ4v) is 3.75. The molecule has 6 heteroatoms. The van der Waals surface area contributed by atoms with Gasteiger partial charge in [0.05, 0.1) is 11.9 Å². The lowest BCUT2D eigenvalue weighted by Gasteiger charge is -2.38. The third kappa shape index (κ3) is 3.80. The molecule has 6 nitrogen and oxygen atoms in total. The normalized spacial score (nSPS) is 15.7. The second-order valence-corrected chi connectivity index (χ2v) is 7.08.